The average Bonchev–Trinajstić information content (AvgIpc) is 3.03. The smallest absolute Gasteiger partial charge is 0.252 e. The fourth-order valence-corrected chi connectivity index (χ4v) is 4.12. The number of fused-ring (bicyclic) bond motifs is 1. The molecule has 128 valence electrons. The number of likely N-dealkylation sites (tertiary alicyclic amines) is 1. The number of hydrogen-bond acceptors (Lipinski definition) is 2. The van der Waals surface area contributed by atoms with Crippen LogP contribution in [0.15, 0.2) is 53.3 Å². The Labute approximate surface area is 148 Å². The number of para-hydroxylation sites is 1. The van der Waals surface area contributed by atoms with Crippen LogP contribution in [0.3, 0.4) is 0 Å². The van der Waals surface area contributed by atoms with E-state index in [4.69, 9.17) is 0 Å². The summed E-state index contributed by atoms with van der Waals surface area (Å²) < 4.78 is 0. The zero-order valence-corrected chi connectivity index (χ0v) is 14.9. The third-order valence-electron chi connectivity index (χ3n) is 5.20. The first-order valence-corrected chi connectivity index (χ1v) is 9.03. The second-order valence-electron chi connectivity index (χ2n) is 7.26. The molecular formula is C22H24N2O. The Balaban J connectivity index is 1.65. The highest BCUT2D eigenvalue weighted by atomic mass is 16.1. The van der Waals surface area contributed by atoms with Crippen molar-refractivity contribution in [3.05, 3.63) is 81.1 Å². The Bertz CT molecular complexity index is 953. The minimum Gasteiger partial charge on any atom is -0.322 e. The van der Waals surface area contributed by atoms with Gasteiger partial charge >= 0.3 is 0 Å². The third kappa shape index (κ3) is 3.24. The number of aromatic nitrogens is 1. The summed E-state index contributed by atoms with van der Waals surface area (Å²) in [4.78, 5) is 18.0. The molecule has 1 saturated heterocycles. The molecule has 1 N–H and O–H groups in total. The van der Waals surface area contributed by atoms with E-state index in [0.29, 0.717) is 12.6 Å². The Morgan fingerprint density at radius 2 is 1.84 bits per heavy atom. The van der Waals surface area contributed by atoms with Crippen LogP contribution in [0.4, 0.5) is 0 Å². The van der Waals surface area contributed by atoms with Crippen LogP contribution in [-0.2, 0) is 6.54 Å². The predicted octanol–water partition coefficient (Wildman–Crippen LogP) is 4.48. The standard InChI is InChI=1S/C22H24N2O/c1-15-10-16(2)12-18(11-15)21-8-5-9-24(21)14-19-13-17-6-3-4-7-20(17)23-22(19)25/h3-4,6-7,10-13,21H,5,8-9,14H2,1-2H3,(H,23,25). The van der Waals surface area contributed by atoms with Gasteiger partial charge in [0.2, 0.25) is 0 Å². The van der Waals surface area contributed by atoms with Gasteiger partial charge in [-0.2, -0.15) is 0 Å². The van der Waals surface area contributed by atoms with Crippen molar-refractivity contribution in [2.75, 3.05) is 6.54 Å². The highest BCUT2D eigenvalue weighted by Gasteiger charge is 2.27. The average molecular weight is 332 g/mol. The zero-order chi connectivity index (χ0) is 17.4. The molecule has 0 saturated carbocycles. The van der Waals surface area contributed by atoms with Crippen molar-refractivity contribution in [3.63, 3.8) is 0 Å². The summed E-state index contributed by atoms with van der Waals surface area (Å²) in [6.45, 7) is 6.06. The Kier molecular flexibility index (Phi) is 4.18. The molecule has 3 aromatic rings. The van der Waals surface area contributed by atoms with E-state index in [9.17, 15) is 4.79 Å². The maximum Gasteiger partial charge on any atom is 0.252 e. The van der Waals surface area contributed by atoms with Crippen LogP contribution in [0.25, 0.3) is 10.9 Å². The summed E-state index contributed by atoms with van der Waals surface area (Å²) in [6, 6.07) is 17.2. The van der Waals surface area contributed by atoms with Gasteiger partial charge in [-0.15, -0.1) is 0 Å². The van der Waals surface area contributed by atoms with Gasteiger partial charge in [0.15, 0.2) is 0 Å². The van der Waals surface area contributed by atoms with Gasteiger partial charge < -0.3 is 4.98 Å². The zero-order valence-electron chi connectivity index (χ0n) is 14.9. The fourth-order valence-electron chi connectivity index (χ4n) is 4.12. The lowest BCUT2D eigenvalue weighted by atomic mass is 9.99. The molecule has 3 nitrogen and oxygen atoms in total. The topological polar surface area (TPSA) is 36.1 Å². The molecule has 4 rings (SSSR count). The van der Waals surface area contributed by atoms with E-state index in [0.717, 1.165) is 29.4 Å². The molecule has 0 aliphatic carbocycles. The summed E-state index contributed by atoms with van der Waals surface area (Å²) in [5.74, 6) is 0. The van der Waals surface area contributed by atoms with E-state index >= 15 is 0 Å². The summed E-state index contributed by atoms with van der Waals surface area (Å²) >= 11 is 0. The second-order valence-corrected chi connectivity index (χ2v) is 7.26. The number of benzene rings is 2. The molecule has 0 spiro atoms. The number of H-pyrrole nitrogens is 1. The molecule has 1 fully saturated rings. The highest BCUT2D eigenvalue weighted by Crippen LogP contribution is 2.33. The Morgan fingerprint density at radius 1 is 1.08 bits per heavy atom. The maximum atomic E-state index is 12.5. The number of aromatic amines is 1. The van der Waals surface area contributed by atoms with E-state index in [-0.39, 0.29) is 5.56 Å². The number of nitrogens with zero attached hydrogens (tertiary/aromatic N) is 1. The normalized spacial score (nSPS) is 18.1. The molecule has 1 aliphatic rings. The number of rotatable bonds is 3. The molecule has 3 heteroatoms. The SMILES string of the molecule is Cc1cc(C)cc(C2CCCN2Cc2cc3ccccc3[nH]c2=O)c1. The molecule has 2 heterocycles. The van der Waals surface area contributed by atoms with E-state index in [2.05, 4.69) is 48.0 Å². The van der Waals surface area contributed by atoms with Gasteiger partial charge in [-0.25, -0.2) is 0 Å². The maximum absolute atomic E-state index is 12.5. The first-order valence-electron chi connectivity index (χ1n) is 9.03. The minimum atomic E-state index is 0.0322. The van der Waals surface area contributed by atoms with Crippen molar-refractivity contribution < 1.29 is 0 Å². The number of nitrogens with one attached hydrogen (secondary N) is 1. The molecule has 1 unspecified atom stereocenters. The molecule has 1 atom stereocenters. The van der Waals surface area contributed by atoms with Crippen molar-refractivity contribution in [1.29, 1.82) is 0 Å². The van der Waals surface area contributed by atoms with Gasteiger partial charge in [0.05, 0.1) is 0 Å². The number of hydrogen-bond donors (Lipinski definition) is 1. The van der Waals surface area contributed by atoms with Crippen LogP contribution in [0, 0.1) is 13.8 Å². The summed E-state index contributed by atoms with van der Waals surface area (Å²) in [7, 11) is 0. The molecule has 0 amide bonds. The number of pyridine rings is 1. The summed E-state index contributed by atoms with van der Waals surface area (Å²) in [5, 5.41) is 1.10. The molecule has 0 radical (unpaired) electrons. The van der Waals surface area contributed by atoms with Gasteiger partial charge in [0.25, 0.3) is 5.56 Å². The molecular weight excluding hydrogens is 308 g/mol. The van der Waals surface area contributed by atoms with Crippen LogP contribution in [0.2, 0.25) is 0 Å². The predicted molar refractivity (Wildman–Crippen MR) is 103 cm³/mol. The molecule has 1 aromatic heterocycles. The van der Waals surface area contributed by atoms with Gasteiger partial charge in [-0.05, 0) is 56.3 Å². The molecule has 0 bridgehead atoms. The second kappa shape index (κ2) is 6.49. The summed E-state index contributed by atoms with van der Waals surface area (Å²) in [5.41, 5.74) is 5.80. The lowest BCUT2D eigenvalue weighted by Gasteiger charge is -2.25. The van der Waals surface area contributed by atoms with Gasteiger partial charge in [0, 0.05) is 23.7 Å². The monoisotopic (exact) mass is 332 g/mol. The highest BCUT2D eigenvalue weighted by molar-refractivity contribution is 5.78. The molecule has 1 aliphatic heterocycles. The van der Waals surface area contributed by atoms with E-state index in [1.807, 2.05) is 24.3 Å². The van der Waals surface area contributed by atoms with Crippen molar-refractivity contribution in [3.8, 4) is 0 Å². The number of aryl methyl sites for hydroxylation is 2. The van der Waals surface area contributed by atoms with E-state index < -0.39 is 0 Å². The van der Waals surface area contributed by atoms with Gasteiger partial charge in [0.1, 0.15) is 0 Å². The Morgan fingerprint density at radius 3 is 2.64 bits per heavy atom. The minimum absolute atomic E-state index is 0.0322. The lowest BCUT2D eigenvalue weighted by molar-refractivity contribution is 0.247. The molecule has 2 aromatic carbocycles. The Hall–Kier alpha value is -2.39. The lowest BCUT2D eigenvalue weighted by Crippen LogP contribution is -2.26. The van der Waals surface area contributed by atoms with Gasteiger partial charge in [-0.3, -0.25) is 9.69 Å². The van der Waals surface area contributed by atoms with Crippen molar-refractivity contribution in [2.24, 2.45) is 0 Å². The third-order valence-corrected chi connectivity index (χ3v) is 5.20. The fraction of sp³-hybridized carbons (Fsp3) is 0.318. The first-order chi connectivity index (χ1) is 12.1. The van der Waals surface area contributed by atoms with Crippen LogP contribution in [-0.4, -0.2) is 16.4 Å². The quantitative estimate of drug-likeness (QED) is 0.767. The van der Waals surface area contributed by atoms with Crippen LogP contribution >= 0.6 is 0 Å². The van der Waals surface area contributed by atoms with Gasteiger partial charge in [-0.1, -0.05) is 47.5 Å². The van der Waals surface area contributed by atoms with Crippen LogP contribution < -0.4 is 5.56 Å². The van der Waals surface area contributed by atoms with Crippen LogP contribution in [0.5, 0.6) is 0 Å². The van der Waals surface area contributed by atoms with Crippen molar-refractivity contribution >= 4 is 10.9 Å². The van der Waals surface area contributed by atoms with Crippen molar-refractivity contribution in [2.45, 2.75) is 39.3 Å². The molecule has 25 heavy (non-hydrogen) atoms. The van der Waals surface area contributed by atoms with E-state index in [1.54, 1.807) is 0 Å². The summed E-state index contributed by atoms with van der Waals surface area (Å²) in [6.07, 6.45) is 2.34. The van der Waals surface area contributed by atoms with Crippen LogP contribution in [0.1, 0.15) is 41.1 Å². The van der Waals surface area contributed by atoms with Crippen molar-refractivity contribution in [1.82, 2.24) is 9.88 Å². The first kappa shape index (κ1) is 16.1. The largest absolute Gasteiger partial charge is 0.322 e. The van der Waals surface area contributed by atoms with E-state index in [1.165, 1.54) is 23.1 Å².